The van der Waals surface area contributed by atoms with Crippen molar-refractivity contribution in [3.05, 3.63) is 88.5 Å². The number of aliphatic hydroxyl groups excluding tert-OH is 1. The molecule has 166 valence electrons. The Labute approximate surface area is 188 Å². The lowest BCUT2D eigenvalue weighted by Crippen LogP contribution is -2.22. The van der Waals surface area contributed by atoms with E-state index in [0.29, 0.717) is 5.92 Å². The Morgan fingerprint density at radius 1 is 1.00 bits per heavy atom. The Kier molecular flexibility index (Phi) is 7.91. The molecule has 0 heterocycles. The maximum atomic E-state index is 10.5. The van der Waals surface area contributed by atoms with Crippen LogP contribution in [0.2, 0.25) is 0 Å². The zero-order valence-electron chi connectivity index (χ0n) is 19.6. The standard InChI is InChI=1S/C29H38O2/c1-5-24(12-9-17-29(31,6-2)7-3)25-11-8-10-22(19-25)13-14-23-15-16-26-27(20-23)21(4)18-28(26)30/h8-12,15-17,19-21,28,30-31H,5-7,13-14,18H2,1-4H3/b17-9+,24-12+. The van der Waals surface area contributed by atoms with Gasteiger partial charge in [0.1, 0.15) is 0 Å². The van der Waals surface area contributed by atoms with Gasteiger partial charge in [-0.05, 0) is 77.8 Å². The second-order valence-corrected chi connectivity index (χ2v) is 9.03. The van der Waals surface area contributed by atoms with Gasteiger partial charge in [-0.3, -0.25) is 0 Å². The van der Waals surface area contributed by atoms with E-state index in [4.69, 9.17) is 0 Å². The van der Waals surface area contributed by atoms with Gasteiger partial charge in [-0.1, -0.05) is 88.4 Å². The molecule has 0 aromatic heterocycles. The summed E-state index contributed by atoms with van der Waals surface area (Å²) in [6.07, 6.45) is 11.0. The average molecular weight is 419 g/mol. The van der Waals surface area contributed by atoms with E-state index >= 15 is 0 Å². The molecule has 2 heteroatoms. The molecule has 1 aliphatic rings. The van der Waals surface area contributed by atoms with Gasteiger partial charge in [0.25, 0.3) is 0 Å². The third-order valence-electron chi connectivity index (χ3n) is 6.93. The van der Waals surface area contributed by atoms with E-state index < -0.39 is 5.60 Å². The maximum absolute atomic E-state index is 10.5. The van der Waals surface area contributed by atoms with Crippen molar-refractivity contribution in [3.63, 3.8) is 0 Å². The van der Waals surface area contributed by atoms with Crippen LogP contribution in [0.1, 0.15) is 93.2 Å². The van der Waals surface area contributed by atoms with Gasteiger partial charge >= 0.3 is 0 Å². The number of aryl methyl sites for hydroxylation is 2. The van der Waals surface area contributed by atoms with E-state index in [2.05, 4.69) is 62.4 Å². The average Bonchev–Trinajstić information content (AvgIpc) is 3.08. The van der Waals surface area contributed by atoms with Gasteiger partial charge in [0.15, 0.2) is 0 Å². The van der Waals surface area contributed by atoms with E-state index in [-0.39, 0.29) is 6.10 Å². The smallest absolute Gasteiger partial charge is 0.0825 e. The lowest BCUT2D eigenvalue weighted by molar-refractivity contribution is 0.0828. The normalized spacial score (nSPS) is 19.2. The molecule has 0 spiro atoms. The quantitative estimate of drug-likeness (QED) is 0.434. The molecular formula is C29H38O2. The van der Waals surface area contributed by atoms with Gasteiger partial charge in [-0.25, -0.2) is 0 Å². The van der Waals surface area contributed by atoms with E-state index in [1.54, 1.807) is 0 Å². The van der Waals surface area contributed by atoms with Crippen LogP contribution in [0.25, 0.3) is 5.57 Å². The number of benzene rings is 2. The fourth-order valence-electron chi connectivity index (χ4n) is 4.56. The third-order valence-corrected chi connectivity index (χ3v) is 6.93. The van der Waals surface area contributed by atoms with Crippen molar-refractivity contribution in [2.24, 2.45) is 0 Å². The van der Waals surface area contributed by atoms with Crippen LogP contribution >= 0.6 is 0 Å². The second-order valence-electron chi connectivity index (χ2n) is 9.03. The molecule has 2 aromatic carbocycles. The zero-order chi connectivity index (χ0) is 22.4. The van der Waals surface area contributed by atoms with Gasteiger partial charge in [0, 0.05) is 0 Å². The lowest BCUT2D eigenvalue weighted by Gasteiger charge is -2.20. The number of fused-ring (bicyclic) bond motifs is 1. The minimum Gasteiger partial charge on any atom is -0.388 e. The summed E-state index contributed by atoms with van der Waals surface area (Å²) in [5, 5.41) is 20.6. The molecule has 2 atom stereocenters. The van der Waals surface area contributed by atoms with Crippen molar-refractivity contribution in [2.45, 2.75) is 83.8 Å². The predicted octanol–water partition coefficient (Wildman–Crippen LogP) is 6.91. The van der Waals surface area contributed by atoms with Gasteiger partial charge < -0.3 is 10.2 Å². The van der Waals surface area contributed by atoms with Crippen molar-refractivity contribution in [3.8, 4) is 0 Å². The molecule has 0 saturated carbocycles. The van der Waals surface area contributed by atoms with Gasteiger partial charge in [0.2, 0.25) is 0 Å². The first kappa shape index (κ1) is 23.5. The Bertz CT molecular complexity index is 934. The first-order valence-electron chi connectivity index (χ1n) is 11.9. The fraction of sp³-hybridized carbons (Fsp3) is 0.448. The van der Waals surface area contributed by atoms with Crippen molar-refractivity contribution >= 4 is 5.57 Å². The Morgan fingerprint density at radius 3 is 2.39 bits per heavy atom. The molecule has 2 unspecified atom stereocenters. The van der Waals surface area contributed by atoms with Crippen LogP contribution in [0.5, 0.6) is 0 Å². The van der Waals surface area contributed by atoms with Crippen molar-refractivity contribution in [1.82, 2.24) is 0 Å². The summed E-state index contributed by atoms with van der Waals surface area (Å²) in [6, 6.07) is 15.4. The number of hydrogen-bond acceptors (Lipinski definition) is 2. The number of hydrogen-bond donors (Lipinski definition) is 2. The SMILES string of the molecule is CC/C(=C\C=C\C(O)(CC)CC)c1cccc(CCc2ccc3c(c2)C(C)CC3O)c1. The molecule has 31 heavy (non-hydrogen) atoms. The molecule has 0 bridgehead atoms. The summed E-state index contributed by atoms with van der Waals surface area (Å²) >= 11 is 0. The van der Waals surface area contributed by atoms with Gasteiger partial charge in [-0.15, -0.1) is 0 Å². The molecule has 2 nitrogen and oxygen atoms in total. The summed E-state index contributed by atoms with van der Waals surface area (Å²) in [4.78, 5) is 0. The summed E-state index contributed by atoms with van der Waals surface area (Å²) in [5.41, 5.74) is 6.95. The molecule has 2 aromatic rings. The summed E-state index contributed by atoms with van der Waals surface area (Å²) in [7, 11) is 0. The highest BCUT2D eigenvalue weighted by Gasteiger charge is 2.26. The highest BCUT2D eigenvalue weighted by atomic mass is 16.3. The summed E-state index contributed by atoms with van der Waals surface area (Å²) < 4.78 is 0. The molecule has 3 rings (SSSR count). The topological polar surface area (TPSA) is 40.5 Å². The molecule has 0 radical (unpaired) electrons. The Morgan fingerprint density at radius 2 is 1.71 bits per heavy atom. The molecule has 0 fully saturated rings. The minimum atomic E-state index is -0.708. The Balaban J connectivity index is 1.70. The monoisotopic (exact) mass is 418 g/mol. The van der Waals surface area contributed by atoms with E-state index in [1.165, 1.54) is 27.8 Å². The van der Waals surface area contributed by atoms with Gasteiger partial charge in [-0.2, -0.15) is 0 Å². The maximum Gasteiger partial charge on any atom is 0.0825 e. The molecule has 1 aliphatic carbocycles. The number of aliphatic hydroxyl groups is 2. The van der Waals surface area contributed by atoms with Crippen molar-refractivity contribution in [2.75, 3.05) is 0 Å². The summed E-state index contributed by atoms with van der Waals surface area (Å²) in [5.74, 6) is 0.441. The number of allylic oxidation sites excluding steroid dienone is 3. The molecule has 0 amide bonds. The van der Waals surface area contributed by atoms with Gasteiger partial charge in [0.05, 0.1) is 11.7 Å². The molecule has 2 N–H and O–H groups in total. The molecule has 0 saturated heterocycles. The van der Waals surface area contributed by atoms with E-state index in [0.717, 1.165) is 44.1 Å². The summed E-state index contributed by atoms with van der Waals surface area (Å²) in [6.45, 7) is 8.42. The van der Waals surface area contributed by atoms with Crippen LogP contribution in [0.4, 0.5) is 0 Å². The fourth-order valence-corrected chi connectivity index (χ4v) is 4.56. The van der Waals surface area contributed by atoms with Crippen molar-refractivity contribution < 1.29 is 10.2 Å². The van der Waals surface area contributed by atoms with E-state index in [9.17, 15) is 10.2 Å². The van der Waals surface area contributed by atoms with Crippen LogP contribution in [-0.2, 0) is 12.8 Å². The van der Waals surface area contributed by atoms with Crippen LogP contribution < -0.4 is 0 Å². The highest BCUT2D eigenvalue weighted by molar-refractivity contribution is 5.67. The van der Waals surface area contributed by atoms with E-state index in [1.807, 2.05) is 26.0 Å². The van der Waals surface area contributed by atoms with Crippen LogP contribution in [-0.4, -0.2) is 15.8 Å². The first-order valence-corrected chi connectivity index (χ1v) is 11.9. The van der Waals surface area contributed by atoms with Crippen LogP contribution in [0.15, 0.2) is 60.7 Å². The predicted molar refractivity (Wildman–Crippen MR) is 131 cm³/mol. The molecule has 0 aliphatic heterocycles. The first-order chi connectivity index (χ1) is 14.9. The third kappa shape index (κ3) is 5.75. The lowest BCUT2D eigenvalue weighted by atomic mass is 9.94. The van der Waals surface area contributed by atoms with Crippen LogP contribution in [0.3, 0.4) is 0 Å². The minimum absolute atomic E-state index is 0.297. The number of rotatable bonds is 9. The zero-order valence-corrected chi connectivity index (χ0v) is 19.6. The Hall–Kier alpha value is -2.16. The largest absolute Gasteiger partial charge is 0.388 e. The van der Waals surface area contributed by atoms with Crippen LogP contribution in [0, 0.1) is 0 Å². The molecular weight excluding hydrogens is 380 g/mol. The van der Waals surface area contributed by atoms with Crippen molar-refractivity contribution in [1.29, 1.82) is 0 Å². The second kappa shape index (κ2) is 10.4. The highest BCUT2D eigenvalue weighted by Crippen LogP contribution is 2.40.